The van der Waals surface area contributed by atoms with Crippen molar-refractivity contribution >= 4 is 27.3 Å². The van der Waals surface area contributed by atoms with Crippen molar-refractivity contribution < 1.29 is 17.6 Å². The third-order valence-electron chi connectivity index (χ3n) is 4.93. The lowest BCUT2D eigenvalue weighted by atomic mass is 9.98. The van der Waals surface area contributed by atoms with E-state index in [-0.39, 0.29) is 16.5 Å². The first-order valence-corrected chi connectivity index (χ1v) is 11.4. The molecule has 3 aromatic rings. The van der Waals surface area contributed by atoms with Gasteiger partial charge in [0.05, 0.1) is 10.6 Å². The van der Waals surface area contributed by atoms with Crippen molar-refractivity contribution in [1.29, 1.82) is 0 Å². The highest BCUT2D eigenvalue weighted by Crippen LogP contribution is 2.29. The van der Waals surface area contributed by atoms with Gasteiger partial charge in [0, 0.05) is 5.69 Å². The van der Waals surface area contributed by atoms with Gasteiger partial charge in [-0.15, -0.1) is 0 Å². The van der Waals surface area contributed by atoms with Crippen LogP contribution in [-0.2, 0) is 14.8 Å². The zero-order valence-electron chi connectivity index (χ0n) is 17.7. The molecule has 0 aliphatic heterocycles. The molecule has 0 aromatic heterocycles. The summed E-state index contributed by atoms with van der Waals surface area (Å²) in [6.45, 7) is 5.33. The molecule has 3 rings (SSSR count). The van der Waals surface area contributed by atoms with Crippen LogP contribution < -0.4 is 9.62 Å². The fraction of sp³-hybridized carbons (Fsp3) is 0.208. The van der Waals surface area contributed by atoms with Crippen LogP contribution in [0.2, 0.25) is 0 Å². The standard InChI is InChI=1S/C24H25FN2O3S/c1-17(2)20-13-9-10-18(3)24(20)26-23(28)16-27(22-15-8-7-14-21(22)25)31(29,30)19-11-5-4-6-12-19/h4-15,17H,16H2,1-3H3,(H,26,28). The van der Waals surface area contributed by atoms with Crippen LogP contribution in [0.25, 0.3) is 0 Å². The zero-order chi connectivity index (χ0) is 22.6. The summed E-state index contributed by atoms with van der Waals surface area (Å²) in [5.41, 5.74) is 2.27. The molecule has 0 bridgehead atoms. The second kappa shape index (κ2) is 9.31. The monoisotopic (exact) mass is 440 g/mol. The maximum Gasteiger partial charge on any atom is 0.264 e. The number of carbonyl (C=O) groups excluding carboxylic acids is 1. The van der Waals surface area contributed by atoms with Gasteiger partial charge in [0.2, 0.25) is 5.91 Å². The first-order valence-electron chi connectivity index (χ1n) is 9.93. The highest BCUT2D eigenvalue weighted by Gasteiger charge is 2.29. The van der Waals surface area contributed by atoms with Crippen molar-refractivity contribution in [3.05, 3.63) is 89.7 Å². The quantitative estimate of drug-likeness (QED) is 0.556. The predicted molar refractivity (Wildman–Crippen MR) is 121 cm³/mol. The molecule has 5 nitrogen and oxygen atoms in total. The number of aryl methyl sites for hydroxylation is 1. The lowest BCUT2D eigenvalue weighted by molar-refractivity contribution is -0.114. The molecule has 0 fully saturated rings. The van der Waals surface area contributed by atoms with Gasteiger partial charge in [0.25, 0.3) is 10.0 Å². The van der Waals surface area contributed by atoms with Crippen molar-refractivity contribution in [2.24, 2.45) is 0 Å². The number of anilines is 2. The fourth-order valence-electron chi connectivity index (χ4n) is 3.33. The summed E-state index contributed by atoms with van der Waals surface area (Å²) in [7, 11) is -4.17. The Bertz CT molecular complexity index is 1180. The van der Waals surface area contributed by atoms with E-state index in [0.717, 1.165) is 15.4 Å². The Morgan fingerprint density at radius 2 is 1.61 bits per heavy atom. The van der Waals surface area contributed by atoms with Gasteiger partial charge >= 0.3 is 0 Å². The second-order valence-electron chi connectivity index (χ2n) is 7.52. The lowest BCUT2D eigenvalue weighted by Crippen LogP contribution is -2.38. The molecule has 0 radical (unpaired) electrons. The van der Waals surface area contributed by atoms with Crippen LogP contribution in [0.3, 0.4) is 0 Å². The SMILES string of the molecule is Cc1cccc(C(C)C)c1NC(=O)CN(c1ccccc1F)S(=O)(=O)c1ccccc1. The molecule has 1 amide bonds. The summed E-state index contributed by atoms with van der Waals surface area (Å²) in [5, 5.41) is 2.84. The van der Waals surface area contributed by atoms with Gasteiger partial charge in [-0.1, -0.05) is 62.4 Å². The van der Waals surface area contributed by atoms with Gasteiger partial charge in [-0.05, 0) is 48.2 Å². The molecule has 7 heteroatoms. The lowest BCUT2D eigenvalue weighted by Gasteiger charge is -2.25. The number of hydrogen-bond acceptors (Lipinski definition) is 3. The summed E-state index contributed by atoms with van der Waals surface area (Å²) >= 11 is 0. The van der Waals surface area contributed by atoms with Crippen LogP contribution in [0.5, 0.6) is 0 Å². The number of carbonyl (C=O) groups is 1. The minimum atomic E-state index is -4.17. The normalized spacial score (nSPS) is 11.4. The van der Waals surface area contributed by atoms with Gasteiger partial charge in [-0.3, -0.25) is 9.10 Å². The number of benzene rings is 3. The van der Waals surface area contributed by atoms with E-state index in [2.05, 4.69) is 5.32 Å². The van der Waals surface area contributed by atoms with Crippen molar-refractivity contribution in [1.82, 2.24) is 0 Å². The molecule has 0 aliphatic carbocycles. The summed E-state index contributed by atoms with van der Waals surface area (Å²) < 4.78 is 42.0. The van der Waals surface area contributed by atoms with E-state index in [0.29, 0.717) is 5.69 Å². The van der Waals surface area contributed by atoms with E-state index in [1.807, 2.05) is 39.0 Å². The summed E-state index contributed by atoms with van der Waals surface area (Å²) in [6, 6.07) is 18.9. The number of amides is 1. The Morgan fingerprint density at radius 3 is 2.26 bits per heavy atom. The minimum Gasteiger partial charge on any atom is -0.324 e. The number of sulfonamides is 1. The van der Waals surface area contributed by atoms with Crippen LogP contribution in [0.4, 0.5) is 15.8 Å². The van der Waals surface area contributed by atoms with Crippen LogP contribution in [0, 0.1) is 12.7 Å². The first kappa shape index (κ1) is 22.5. The Labute approximate surface area is 182 Å². The molecule has 0 heterocycles. The zero-order valence-corrected chi connectivity index (χ0v) is 18.5. The largest absolute Gasteiger partial charge is 0.324 e. The summed E-state index contributed by atoms with van der Waals surface area (Å²) in [4.78, 5) is 12.9. The average Bonchev–Trinajstić information content (AvgIpc) is 2.74. The van der Waals surface area contributed by atoms with Gasteiger partial charge in [0.15, 0.2) is 0 Å². The third-order valence-corrected chi connectivity index (χ3v) is 6.70. The van der Waals surface area contributed by atoms with Crippen molar-refractivity contribution in [2.75, 3.05) is 16.2 Å². The van der Waals surface area contributed by atoms with E-state index < -0.39 is 28.3 Å². The molecule has 3 aromatic carbocycles. The van der Waals surface area contributed by atoms with E-state index in [4.69, 9.17) is 0 Å². The van der Waals surface area contributed by atoms with Crippen LogP contribution in [-0.4, -0.2) is 20.9 Å². The second-order valence-corrected chi connectivity index (χ2v) is 9.38. The number of halogens is 1. The fourth-order valence-corrected chi connectivity index (χ4v) is 4.77. The van der Waals surface area contributed by atoms with Gasteiger partial charge < -0.3 is 5.32 Å². The number of rotatable bonds is 7. The van der Waals surface area contributed by atoms with Gasteiger partial charge in [0.1, 0.15) is 12.4 Å². The van der Waals surface area contributed by atoms with E-state index in [9.17, 15) is 17.6 Å². The highest BCUT2D eigenvalue weighted by molar-refractivity contribution is 7.92. The molecule has 0 saturated carbocycles. The van der Waals surface area contributed by atoms with Crippen molar-refractivity contribution in [3.8, 4) is 0 Å². The number of para-hydroxylation sites is 2. The maximum atomic E-state index is 14.6. The van der Waals surface area contributed by atoms with E-state index >= 15 is 0 Å². The number of hydrogen-bond donors (Lipinski definition) is 1. The van der Waals surface area contributed by atoms with Gasteiger partial charge in [-0.25, -0.2) is 12.8 Å². The molecule has 0 atom stereocenters. The van der Waals surface area contributed by atoms with E-state index in [1.165, 1.54) is 36.4 Å². The minimum absolute atomic E-state index is 0.0233. The number of nitrogens with zero attached hydrogens (tertiary/aromatic N) is 1. The molecular formula is C24H25FN2O3S. The molecule has 0 saturated heterocycles. The van der Waals surface area contributed by atoms with Crippen molar-refractivity contribution in [3.63, 3.8) is 0 Å². The molecule has 0 unspecified atom stereocenters. The summed E-state index contributed by atoms with van der Waals surface area (Å²) in [5.74, 6) is -1.13. The molecule has 162 valence electrons. The average molecular weight is 441 g/mol. The molecule has 31 heavy (non-hydrogen) atoms. The van der Waals surface area contributed by atoms with Crippen molar-refractivity contribution in [2.45, 2.75) is 31.6 Å². The van der Waals surface area contributed by atoms with E-state index in [1.54, 1.807) is 18.2 Å². The van der Waals surface area contributed by atoms with Gasteiger partial charge in [-0.2, -0.15) is 0 Å². The third kappa shape index (κ3) is 4.94. The molecule has 0 spiro atoms. The van der Waals surface area contributed by atoms with Crippen LogP contribution in [0.15, 0.2) is 77.7 Å². The Morgan fingerprint density at radius 1 is 0.968 bits per heavy atom. The topological polar surface area (TPSA) is 66.5 Å². The smallest absolute Gasteiger partial charge is 0.264 e. The highest BCUT2D eigenvalue weighted by atomic mass is 32.2. The number of nitrogens with one attached hydrogen (secondary N) is 1. The maximum absolute atomic E-state index is 14.6. The molecular weight excluding hydrogens is 415 g/mol. The van der Waals surface area contributed by atoms with Crippen LogP contribution in [0.1, 0.15) is 30.9 Å². The Hall–Kier alpha value is -3.19. The van der Waals surface area contributed by atoms with Crippen LogP contribution >= 0.6 is 0 Å². The predicted octanol–water partition coefficient (Wildman–Crippen LogP) is 5.09. The Kier molecular flexibility index (Phi) is 6.75. The molecule has 0 aliphatic rings. The first-order chi connectivity index (χ1) is 14.7. The Balaban J connectivity index is 1.99. The molecule has 1 N–H and O–H groups in total. The summed E-state index contributed by atoms with van der Waals surface area (Å²) in [6.07, 6.45) is 0.